The zero-order valence-electron chi connectivity index (χ0n) is 9.81. The average Bonchev–Trinajstić information content (AvgIpc) is 3.00. The van der Waals surface area contributed by atoms with Gasteiger partial charge in [0.2, 0.25) is 0 Å². The molecular weight excluding hydrogens is 246 g/mol. The minimum absolute atomic E-state index is 0.642. The second-order valence-electron chi connectivity index (χ2n) is 4.08. The molecule has 19 heavy (non-hydrogen) atoms. The Balaban J connectivity index is 1.43. The van der Waals surface area contributed by atoms with Crippen LogP contribution in [0.15, 0.2) is 48.5 Å². The van der Waals surface area contributed by atoms with Gasteiger partial charge in [-0.1, -0.05) is 24.3 Å². The van der Waals surface area contributed by atoms with E-state index >= 15 is 0 Å². The molecule has 2 heterocycles. The van der Waals surface area contributed by atoms with Gasteiger partial charge in [-0.25, -0.2) is 0 Å². The van der Waals surface area contributed by atoms with Gasteiger partial charge in [0.25, 0.3) is 0 Å². The quantitative estimate of drug-likeness (QED) is 0.766. The summed E-state index contributed by atoms with van der Waals surface area (Å²) in [6, 6.07) is 14.7. The molecule has 0 spiro atoms. The highest BCUT2D eigenvalue weighted by atomic mass is 16.8. The smallest absolute Gasteiger partial charge is 0.498 e. The van der Waals surface area contributed by atoms with Crippen LogP contribution >= 0.6 is 0 Å². The fourth-order valence-electron chi connectivity index (χ4n) is 1.95. The zero-order valence-corrected chi connectivity index (χ0v) is 9.81. The fourth-order valence-corrected chi connectivity index (χ4v) is 1.95. The first-order chi connectivity index (χ1) is 9.38. The molecule has 0 bridgehead atoms. The minimum atomic E-state index is -0.864. The Labute approximate surface area is 110 Å². The Morgan fingerprint density at radius 1 is 0.579 bits per heavy atom. The maximum atomic E-state index is 5.46. The molecule has 92 valence electrons. The van der Waals surface area contributed by atoms with E-state index in [0.717, 1.165) is 0 Å². The highest BCUT2D eigenvalue weighted by molar-refractivity contribution is 6.55. The monoisotopic (exact) mass is 254 g/mol. The summed E-state index contributed by atoms with van der Waals surface area (Å²) in [6.45, 7) is 0. The lowest BCUT2D eigenvalue weighted by molar-refractivity contribution is 0.278. The number of benzene rings is 2. The van der Waals surface area contributed by atoms with Crippen molar-refractivity contribution in [3.63, 3.8) is 0 Å². The van der Waals surface area contributed by atoms with Crippen LogP contribution in [0.5, 0.6) is 23.0 Å². The van der Waals surface area contributed by atoms with E-state index in [1.807, 2.05) is 48.5 Å². The second kappa shape index (κ2) is 4.13. The molecule has 0 fully saturated rings. The van der Waals surface area contributed by atoms with Gasteiger partial charge in [-0.2, -0.15) is 0 Å². The first-order valence-corrected chi connectivity index (χ1v) is 5.89. The fraction of sp³-hybridized carbons (Fsp3) is 0. The molecule has 0 N–H and O–H groups in total. The molecule has 4 rings (SSSR count). The summed E-state index contributed by atoms with van der Waals surface area (Å²) in [5, 5.41) is 0. The summed E-state index contributed by atoms with van der Waals surface area (Å²) >= 11 is 0. The number of hydrogen-bond donors (Lipinski definition) is 0. The van der Waals surface area contributed by atoms with Crippen molar-refractivity contribution in [2.24, 2.45) is 0 Å². The SMILES string of the molecule is c1ccc2c(c1)OB(OB1Oc3ccccc3O1)O2. The molecule has 7 heteroatoms. The van der Waals surface area contributed by atoms with Gasteiger partial charge in [-0.3, -0.25) is 0 Å². The zero-order chi connectivity index (χ0) is 12.7. The molecule has 0 unspecified atom stereocenters. The molecule has 2 aromatic carbocycles. The summed E-state index contributed by atoms with van der Waals surface area (Å²) in [6.07, 6.45) is 0. The van der Waals surface area contributed by atoms with Crippen LogP contribution < -0.4 is 18.6 Å². The van der Waals surface area contributed by atoms with Crippen molar-refractivity contribution in [3.8, 4) is 23.0 Å². The first kappa shape index (κ1) is 10.6. The molecule has 0 aromatic heterocycles. The first-order valence-electron chi connectivity index (χ1n) is 5.89. The Kier molecular flexibility index (Phi) is 2.31. The molecule has 2 aliphatic rings. The van der Waals surface area contributed by atoms with E-state index in [2.05, 4.69) is 0 Å². The van der Waals surface area contributed by atoms with Crippen LogP contribution in [0.2, 0.25) is 0 Å². The standard InChI is InChI=1S/C12H8B2O5/c1-2-6-10-9(5-1)15-13(16-10)19-14-17-11-7-3-4-8-12(11)18-14/h1-8H. The molecule has 0 saturated carbocycles. The second-order valence-corrected chi connectivity index (χ2v) is 4.08. The minimum Gasteiger partial charge on any atom is -0.498 e. The lowest BCUT2D eigenvalue weighted by Crippen LogP contribution is -2.41. The van der Waals surface area contributed by atoms with Crippen molar-refractivity contribution >= 4 is 14.6 Å². The average molecular weight is 254 g/mol. The molecule has 5 nitrogen and oxygen atoms in total. The van der Waals surface area contributed by atoms with Crippen LogP contribution in [0.25, 0.3) is 0 Å². The molecule has 0 radical (unpaired) electrons. The number of fused-ring (bicyclic) bond motifs is 2. The van der Waals surface area contributed by atoms with Gasteiger partial charge in [0.15, 0.2) is 0 Å². The van der Waals surface area contributed by atoms with Crippen molar-refractivity contribution < 1.29 is 23.2 Å². The third-order valence-electron chi connectivity index (χ3n) is 2.81. The molecule has 0 aliphatic carbocycles. The van der Waals surface area contributed by atoms with E-state index in [1.54, 1.807) is 0 Å². The summed E-state index contributed by atoms with van der Waals surface area (Å²) in [5.41, 5.74) is 0. The van der Waals surface area contributed by atoms with E-state index in [-0.39, 0.29) is 0 Å². The molecule has 0 amide bonds. The number of hydrogen-bond acceptors (Lipinski definition) is 5. The molecule has 2 aliphatic heterocycles. The Morgan fingerprint density at radius 3 is 1.21 bits per heavy atom. The van der Waals surface area contributed by atoms with Crippen molar-refractivity contribution in [2.75, 3.05) is 0 Å². The topological polar surface area (TPSA) is 46.2 Å². The highest BCUT2D eigenvalue weighted by Crippen LogP contribution is 2.35. The van der Waals surface area contributed by atoms with Gasteiger partial charge in [-0.05, 0) is 24.3 Å². The van der Waals surface area contributed by atoms with Crippen molar-refractivity contribution in [1.82, 2.24) is 0 Å². The maximum Gasteiger partial charge on any atom is 0.778 e. The van der Waals surface area contributed by atoms with Crippen molar-refractivity contribution in [2.45, 2.75) is 0 Å². The summed E-state index contributed by atoms with van der Waals surface area (Å²) in [5.74, 6) is 2.57. The summed E-state index contributed by atoms with van der Waals surface area (Å²) in [7, 11) is -1.73. The van der Waals surface area contributed by atoms with E-state index in [0.29, 0.717) is 23.0 Å². The molecule has 0 saturated heterocycles. The van der Waals surface area contributed by atoms with E-state index in [1.165, 1.54) is 0 Å². The third kappa shape index (κ3) is 1.88. The van der Waals surface area contributed by atoms with Crippen molar-refractivity contribution in [1.29, 1.82) is 0 Å². The van der Waals surface area contributed by atoms with E-state index in [4.69, 9.17) is 23.2 Å². The number of para-hydroxylation sites is 4. The highest BCUT2D eigenvalue weighted by Gasteiger charge is 2.46. The molecular formula is C12H8B2O5. The van der Waals surface area contributed by atoms with Crippen LogP contribution in [0.1, 0.15) is 0 Å². The Bertz CT molecular complexity index is 517. The van der Waals surface area contributed by atoms with Gasteiger partial charge < -0.3 is 23.2 Å². The van der Waals surface area contributed by atoms with Gasteiger partial charge in [0, 0.05) is 0 Å². The predicted octanol–water partition coefficient (Wildman–Crippen LogP) is 1.92. The van der Waals surface area contributed by atoms with Crippen LogP contribution in [0.4, 0.5) is 0 Å². The largest absolute Gasteiger partial charge is 0.778 e. The van der Waals surface area contributed by atoms with Crippen LogP contribution in [-0.2, 0) is 4.57 Å². The van der Waals surface area contributed by atoms with Gasteiger partial charge in [-0.15, -0.1) is 0 Å². The summed E-state index contributed by atoms with van der Waals surface area (Å²) < 4.78 is 27.3. The molecule has 2 aromatic rings. The van der Waals surface area contributed by atoms with Crippen molar-refractivity contribution in [3.05, 3.63) is 48.5 Å². The normalized spacial score (nSPS) is 14.9. The maximum absolute atomic E-state index is 5.46. The van der Waals surface area contributed by atoms with Crippen LogP contribution in [0, 0.1) is 0 Å². The number of rotatable bonds is 2. The van der Waals surface area contributed by atoms with Crippen LogP contribution in [-0.4, -0.2) is 14.6 Å². The van der Waals surface area contributed by atoms with Gasteiger partial charge in [0.05, 0.1) is 0 Å². The predicted molar refractivity (Wildman–Crippen MR) is 68.0 cm³/mol. The van der Waals surface area contributed by atoms with E-state index in [9.17, 15) is 0 Å². The molecule has 0 atom stereocenters. The Hall–Kier alpha value is -2.27. The van der Waals surface area contributed by atoms with Gasteiger partial charge >= 0.3 is 14.6 Å². The van der Waals surface area contributed by atoms with Crippen LogP contribution in [0.3, 0.4) is 0 Å². The van der Waals surface area contributed by atoms with Gasteiger partial charge in [0.1, 0.15) is 23.0 Å². The summed E-state index contributed by atoms with van der Waals surface area (Å²) in [4.78, 5) is 0. The lowest BCUT2D eigenvalue weighted by atomic mass is 10.1. The Morgan fingerprint density at radius 2 is 0.895 bits per heavy atom. The third-order valence-corrected chi connectivity index (χ3v) is 2.81. The van der Waals surface area contributed by atoms with E-state index < -0.39 is 14.6 Å². The lowest BCUT2D eigenvalue weighted by Gasteiger charge is -2.06.